The van der Waals surface area contributed by atoms with Crippen LogP contribution in [0.25, 0.3) is 0 Å². The van der Waals surface area contributed by atoms with E-state index in [9.17, 15) is 9.65 Å². The second-order valence-corrected chi connectivity index (χ2v) is 7.69. The van der Waals surface area contributed by atoms with Crippen LogP contribution in [-0.2, 0) is 5.41 Å². The van der Waals surface area contributed by atoms with Crippen LogP contribution in [0.15, 0.2) is 24.3 Å². The van der Waals surface area contributed by atoms with E-state index in [2.05, 4.69) is 11.0 Å². The van der Waals surface area contributed by atoms with Crippen LogP contribution in [0.3, 0.4) is 0 Å². The SMILES string of the molecule is N#CC1(c2ccccc2F)CCN(CC2CCCCCCC2)CC1. The van der Waals surface area contributed by atoms with E-state index >= 15 is 0 Å². The third kappa shape index (κ3) is 3.98. The van der Waals surface area contributed by atoms with Crippen molar-refractivity contribution in [3.8, 4) is 6.07 Å². The molecule has 1 aliphatic heterocycles. The predicted molar refractivity (Wildman–Crippen MR) is 95.2 cm³/mol. The van der Waals surface area contributed by atoms with Crippen LogP contribution in [0.1, 0.15) is 63.4 Å². The molecule has 0 bridgehead atoms. The fourth-order valence-corrected chi connectivity index (χ4v) is 4.50. The lowest BCUT2D eigenvalue weighted by Crippen LogP contribution is -2.44. The predicted octanol–water partition coefficient (Wildman–Crippen LogP) is 5.04. The molecule has 1 aromatic carbocycles. The average Bonchev–Trinajstić information content (AvgIpc) is 2.58. The van der Waals surface area contributed by atoms with Crippen molar-refractivity contribution in [2.24, 2.45) is 5.92 Å². The van der Waals surface area contributed by atoms with Gasteiger partial charge in [-0.2, -0.15) is 5.26 Å². The van der Waals surface area contributed by atoms with Crippen molar-refractivity contribution in [2.45, 2.75) is 63.2 Å². The number of nitriles is 1. The normalized spacial score (nSPS) is 23.2. The Bertz CT molecular complexity index is 561. The fraction of sp³-hybridized carbons (Fsp3) is 0.667. The summed E-state index contributed by atoms with van der Waals surface area (Å²) in [6.07, 6.45) is 11.1. The molecule has 3 heteroatoms. The first kappa shape index (κ1) is 17.4. The van der Waals surface area contributed by atoms with E-state index in [1.807, 2.05) is 6.07 Å². The molecule has 1 heterocycles. The summed E-state index contributed by atoms with van der Waals surface area (Å²) in [7, 11) is 0. The summed E-state index contributed by atoms with van der Waals surface area (Å²) >= 11 is 0. The first-order valence-electron chi connectivity index (χ1n) is 9.62. The molecule has 0 unspecified atom stereocenters. The molecule has 3 rings (SSSR count). The first-order valence-corrected chi connectivity index (χ1v) is 9.62. The topological polar surface area (TPSA) is 27.0 Å². The molecule has 2 aliphatic rings. The molecule has 1 saturated carbocycles. The fourth-order valence-electron chi connectivity index (χ4n) is 4.50. The maximum Gasteiger partial charge on any atom is 0.128 e. The minimum absolute atomic E-state index is 0.229. The maximum atomic E-state index is 14.2. The Hall–Kier alpha value is -1.40. The number of piperidine rings is 1. The van der Waals surface area contributed by atoms with E-state index in [0.29, 0.717) is 5.56 Å². The van der Waals surface area contributed by atoms with Crippen molar-refractivity contribution in [3.05, 3.63) is 35.6 Å². The lowest BCUT2D eigenvalue weighted by atomic mass is 9.73. The number of hydrogen-bond acceptors (Lipinski definition) is 2. The molecule has 0 spiro atoms. The molecule has 0 aromatic heterocycles. The molecule has 1 aromatic rings. The minimum atomic E-state index is -0.636. The van der Waals surface area contributed by atoms with Gasteiger partial charge in [-0.15, -0.1) is 0 Å². The minimum Gasteiger partial charge on any atom is -0.303 e. The Morgan fingerprint density at radius 2 is 1.67 bits per heavy atom. The summed E-state index contributed by atoms with van der Waals surface area (Å²) in [6, 6.07) is 9.27. The first-order chi connectivity index (χ1) is 11.7. The molecule has 1 aliphatic carbocycles. The second kappa shape index (κ2) is 8.12. The summed E-state index contributed by atoms with van der Waals surface area (Å²) in [4.78, 5) is 2.52. The standard InChI is InChI=1S/C21H29FN2/c22-20-11-7-6-10-19(20)21(17-23)12-14-24(15-13-21)16-18-8-4-2-1-3-5-9-18/h6-7,10-11,18H,1-5,8-9,12-16H2. The van der Waals surface area contributed by atoms with Crippen LogP contribution in [0.5, 0.6) is 0 Å². The number of benzene rings is 1. The molecule has 0 N–H and O–H groups in total. The van der Waals surface area contributed by atoms with E-state index < -0.39 is 5.41 Å². The summed E-state index contributed by atoms with van der Waals surface area (Å²) < 4.78 is 14.2. The van der Waals surface area contributed by atoms with Gasteiger partial charge in [-0.1, -0.05) is 50.3 Å². The quantitative estimate of drug-likeness (QED) is 0.777. The maximum absolute atomic E-state index is 14.2. The molecule has 0 amide bonds. The Balaban J connectivity index is 1.60. The summed E-state index contributed by atoms with van der Waals surface area (Å²) in [6.45, 7) is 3.00. The Morgan fingerprint density at radius 3 is 2.29 bits per heavy atom. The highest BCUT2D eigenvalue weighted by Crippen LogP contribution is 2.37. The van der Waals surface area contributed by atoms with E-state index in [1.165, 1.54) is 57.6 Å². The van der Waals surface area contributed by atoms with Gasteiger partial charge in [-0.05, 0) is 50.8 Å². The molecule has 130 valence electrons. The lowest BCUT2D eigenvalue weighted by Gasteiger charge is -2.39. The lowest BCUT2D eigenvalue weighted by molar-refractivity contribution is 0.149. The van der Waals surface area contributed by atoms with Crippen molar-refractivity contribution >= 4 is 0 Å². The number of nitrogens with zero attached hydrogens (tertiary/aromatic N) is 2. The highest BCUT2D eigenvalue weighted by Gasteiger charge is 2.38. The van der Waals surface area contributed by atoms with Gasteiger partial charge < -0.3 is 4.90 Å². The van der Waals surface area contributed by atoms with Gasteiger partial charge in [0.15, 0.2) is 0 Å². The van der Waals surface area contributed by atoms with Gasteiger partial charge in [0, 0.05) is 12.1 Å². The van der Waals surface area contributed by atoms with Crippen molar-refractivity contribution in [1.29, 1.82) is 5.26 Å². The Labute approximate surface area is 145 Å². The molecule has 1 saturated heterocycles. The molecule has 0 atom stereocenters. The van der Waals surface area contributed by atoms with Gasteiger partial charge in [0.05, 0.1) is 11.5 Å². The zero-order valence-corrected chi connectivity index (χ0v) is 14.6. The summed E-state index contributed by atoms with van der Waals surface area (Å²) in [5.41, 5.74) is -0.0407. The molecule has 2 nitrogen and oxygen atoms in total. The van der Waals surface area contributed by atoms with Gasteiger partial charge in [0.1, 0.15) is 5.82 Å². The highest BCUT2D eigenvalue weighted by molar-refractivity contribution is 5.34. The van der Waals surface area contributed by atoms with E-state index in [1.54, 1.807) is 12.1 Å². The number of likely N-dealkylation sites (tertiary alicyclic amines) is 1. The largest absolute Gasteiger partial charge is 0.303 e. The zero-order chi connectivity index (χ0) is 16.8. The Morgan fingerprint density at radius 1 is 1.04 bits per heavy atom. The zero-order valence-electron chi connectivity index (χ0n) is 14.6. The highest BCUT2D eigenvalue weighted by atomic mass is 19.1. The van der Waals surface area contributed by atoms with Gasteiger partial charge in [0.25, 0.3) is 0 Å². The molecule has 0 radical (unpaired) electrons. The van der Waals surface area contributed by atoms with Crippen LogP contribution in [0, 0.1) is 23.1 Å². The third-order valence-corrected chi connectivity index (χ3v) is 6.05. The molecule has 2 fully saturated rings. The Kier molecular flexibility index (Phi) is 5.89. The average molecular weight is 328 g/mol. The van der Waals surface area contributed by atoms with Gasteiger partial charge in [0.2, 0.25) is 0 Å². The van der Waals surface area contributed by atoms with Crippen LogP contribution < -0.4 is 0 Å². The second-order valence-electron chi connectivity index (χ2n) is 7.69. The third-order valence-electron chi connectivity index (χ3n) is 6.05. The number of rotatable bonds is 3. The number of hydrogen-bond donors (Lipinski definition) is 0. The van der Waals surface area contributed by atoms with Crippen molar-refractivity contribution < 1.29 is 4.39 Å². The van der Waals surface area contributed by atoms with Crippen molar-refractivity contribution in [3.63, 3.8) is 0 Å². The number of halogens is 1. The van der Waals surface area contributed by atoms with E-state index in [0.717, 1.165) is 31.8 Å². The van der Waals surface area contributed by atoms with E-state index in [-0.39, 0.29) is 5.82 Å². The van der Waals surface area contributed by atoms with Crippen LogP contribution in [0.2, 0.25) is 0 Å². The van der Waals surface area contributed by atoms with E-state index in [4.69, 9.17) is 0 Å². The smallest absolute Gasteiger partial charge is 0.128 e. The van der Waals surface area contributed by atoms with Gasteiger partial charge in [-0.25, -0.2) is 4.39 Å². The van der Waals surface area contributed by atoms with Crippen LogP contribution in [-0.4, -0.2) is 24.5 Å². The van der Waals surface area contributed by atoms with Crippen LogP contribution >= 0.6 is 0 Å². The van der Waals surface area contributed by atoms with Crippen molar-refractivity contribution in [1.82, 2.24) is 4.90 Å². The summed E-state index contributed by atoms with van der Waals surface area (Å²) in [5.74, 6) is 0.584. The van der Waals surface area contributed by atoms with Crippen LogP contribution in [0.4, 0.5) is 4.39 Å². The van der Waals surface area contributed by atoms with Gasteiger partial charge in [-0.3, -0.25) is 0 Å². The molecule has 24 heavy (non-hydrogen) atoms. The monoisotopic (exact) mass is 328 g/mol. The summed E-state index contributed by atoms with van der Waals surface area (Å²) in [5, 5.41) is 9.76. The molecular weight excluding hydrogens is 299 g/mol. The van der Waals surface area contributed by atoms with Gasteiger partial charge >= 0.3 is 0 Å². The van der Waals surface area contributed by atoms with Crippen molar-refractivity contribution in [2.75, 3.05) is 19.6 Å². The molecular formula is C21H29FN2.